The van der Waals surface area contributed by atoms with Crippen LogP contribution in [0.2, 0.25) is 0 Å². The van der Waals surface area contributed by atoms with Gasteiger partial charge in [0, 0.05) is 18.7 Å². The van der Waals surface area contributed by atoms with Gasteiger partial charge < -0.3 is 10.0 Å². The molecule has 6 heteroatoms. The molecule has 0 radical (unpaired) electrons. The van der Waals surface area contributed by atoms with Gasteiger partial charge in [0.2, 0.25) is 0 Å². The summed E-state index contributed by atoms with van der Waals surface area (Å²) >= 11 is 1.34. The van der Waals surface area contributed by atoms with Gasteiger partial charge in [-0.25, -0.2) is 4.98 Å². The summed E-state index contributed by atoms with van der Waals surface area (Å²) < 4.78 is 0. The first-order chi connectivity index (χ1) is 10.5. The van der Waals surface area contributed by atoms with Crippen LogP contribution < -0.4 is 0 Å². The Bertz CT molecular complexity index is 713. The van der Waals surface area contributed by atoms with Gasteiger partial charge in [-0.2, -0.15) is 0 Å². The summed E-state index contributed by atoms with van der Waals surface area (Å²) in [5.41, 5.74) is 0.131. The van der Waals surface area contributed by atoms with Gasteiger partial charge in [-0.3, -0.25) is 9.59 Å². The van der Waals surface area contributed by atoms with E-state index in [2.05, 4.69) is 4.98 Å². The Morgan fingerprint density at radius 1 is 1.32 bits per heavy atom. The standard InChI is InChI=1S/C16H16N2O3S/c1-16(15(20)21)7-8-18(10-16)14(19)12-9-17-13(22-12)11-5-3-2-4-6-11/h2-6,9H,7-8,10H2,1H3,(H,20,21). The Morgan fingerprint density at radius 2 is 2.05 bits per heavy atom. The van der Waals surface area contributed by atoms with E-state index in [1.165, 1.54) is 11.3 Å². The van der Waals surface area contributed by atoms with Crippen molar-refractivity contribution in [2.75, 3.05) is 13.1 Å². The number of benzene rings is 1. The molecule has 1 amide bonds. The summed E-state index contributed by atoms with van der Waals surface area (Å²) in [4.78, 5) is 30.2. The molecule has 0 saturated carbocycles. The second kappa shape index (κ2) is 5.53. The van der Waals surface area contributed by atoms with Gasteiger partial charge in [-0.15, -0.1) is 11.3 Å². The first-order valence-electron chi connectivity index (χ1n) is 7.03. The van der Waals surface area contributed by atoms with Gasteiger partial charge in [-0.1, -0.05) is 30.3 Å². The lowest BCUT2D eigenvalue weighted by molar-refractivity contribution is -0.147. The Morgan fingerprint density at radius 3 is 2.68 bits per heavy atom. The van der Waals surface area contributed by atoms with Crippen molar-refractivity contribution in [3.05, 3.63) is 41.4 Å². The molecule has 0 aliphatic carbocycles. The summed E-state index contributed by atoms with van der Waals surface area (Å²) in [5.74, 6) is -0.985. The summed E-state index contributed by atoms with van der Waals surface area (Å²) in [6.07, 6.45) is 2.06. The van der Waals surface area contributed by atoms with Crippen LogP contribution in [0.4, 0.5) is 0 Å². The van der Waals surface area contributed by atoms with Crippen molar-refractivity contribution in [1.29, 1.82) is 0 Å². The minimum atomic E-state index is -0.850. The molecule has 1 aromatic carbocycles. The van der Waals surface area contributed by atoms with Crippen molar-refractivity contribution in [1.82, 2.24) is 9.88 Å². The molecule has 0 bridgehead atoms. The van der Waals surface area contributed by atoms with E-state index in [9.17, 15) is 14.7 Å². The first-order valence-corrected chi connectivity index (χ1v) is 7.85. The van der Waals surface area contributed by atoms with Gasteiger partial charge in [0.25, 0.3) is 5.91 Å². The molecule has 2 aromatic rings. The Labute approximate surface area is 132 Å². The van der Waals surface area contributed by atoms with E-state index in [0.29, 0.717) is 17.8 Å². The molecule has 5 nitrogen and oxygen atoms in total. The van der Waals surface area contributed by atoms with E-state index in [1.54, 1.807) is 18.0 Å². The number of nitrogens with zero attached hydrogens (tertiary/aromatic N) is 2. The zero-order chi connectivity index (χ0) is 15.7. The van der Waals surface area contributed by atoms with E-state index < -0.39 is 11.4 Å². The summed E-state index contributed by atoms with van der Waals surface area (Å²) in [6, 6.07) is 9.68. The fraction of sp³-hybridized carbons (Fsp3) is 0.312. The number of rotatable bonds is 3. The van der Waals surface area contributed by atoms with Crippen molar-refractivity contribution in [2.24, 2.45) is 5.41 Å². The summed E-state index contributed by atoms with van der Waals surface area (Å²) in [7, 11) is 0. The predicted octanol–water partition coefficient (Wildman–Crippen LogP) is 2.75. The molecule has 3 rings (SSSR count). The number of thiazole rings is 1. The van der Waals surface area contributed by atoms with Crippen LogP contribution in [0.15, 0.2) is 36.5 Å². The molecule has 1 aromatic heterocycles. The molecule has 1 unspecified atom stereocenters. The molecule has 1 saturated heterocycles. The summed E-state index contributed by atoms with van der Waals surface area (Å²) in [5, 5.41) is 10.0. The van der Waals surface area contributed by atoms with Crippen molar-refractivity contribution in [3.63, 3.8) is 0 Å². The molecule has 0 spiro atoms. The second-order valence-electron chi connectivity index (χ2n) is 5.74. The predicted molar refractivity (Wildman–Crippen MR) is 83.8 cm³/mol. The Kier molecular flexibility index (Phi) is 3.70. The average molecular weight is 316 g/mol. The molecule has 1 fully saturated rings. The fourth-order valence-corrected chi connectivity index (χ4v) is 3.44. The van der Waals surface area contributed by atoms with Gasteiger partial charge >= 0.3 is 5.97 Å². The van der Waals surface area contributed by atoms with E-state index in [-0.39, 0.29) is 12.5 Å². The highest BCUT2D eigenvalue weighted by molar-refractivity contribution is 7.16. The third kappa shape index (κ3) is 2.62. The van der Waals surface area contributed by atoms with Gasteiger partial charge in [0.05, 0.1) is 11.6 Å². The van der Waals surface area contributed by atoms with Crippen molar-refractivity contribution < 1.29 is 14.7 Å². The normalized spacial score (nSPS) is 21.0. The second-order valence-corrected chi connectivity index (χ2v) is 6.77. The van der Waals surface area contributed by atoms with Crippen molar-refractivity contribution >= 4 is 23.2 Å². The number of carbonyl (C=O) groups is 2. The lowest BCUT2D eigenvalue weighted by atomic mass is 9.90. The van der Waals surface area contributed by atoms with Crippen LogP contribution in [-0.4, -0.2) is 40.0 Å². The minimum absolute atomic E-state index is 0.135. The third-order valence-corrected chi connectivity index (χ3v) is 5.05. The van der Waals surface area contributed by atoms with Crippen LogP contribution in [0.25, 0.3) is 10.6 Å². The zero-order valence-electron chi connectivity index (χ0n) is 12.2. The third-order valence-electron chi connectivity index (χ3n) is 4.01. The quantitative estimate of drug-likeness (QED) is 0.945. The van der Waals surface area contributed by atoms with Crippen LogP contribution in [0.1, 0.15) is 23.0 Å². The number of amides is 1. The van der Waals surface area contributed by atoms with Crippen LogP contribution in [0.5, 0.6) is 0 Å². The number of hydrogen-bond donors (Lipinski definition) is 1. The maximum atomic E-state index is 12.5. The van der Waals surface area contributed by atoms with Crippen LogP contribution >= 0.6 is 11.3 Å². The van der Waals surface area contributed by atoms with Crippen LogP contribution in [0.3, 0.4) is 0 Å². The highest BCUT2D eigenvalue weighted by Crippen LogP contribution is 2.32. The molecule has 1 aliphatic rings. The Balaban J connectivity index is 1.77. The van der Waals surface area contributed by atoms with Crippen LogP contribution in [-0.2, 0) is 4.79 Å². The lowest BCUT2D eigenvalue weighted by Gasteiger charge is -2.19. The lowest BCUT2D eigenvalue weighted by Crippen LogP contribution is -2.34. The number of aliphatic carboxylic acids is 1. The number of aromatic nitrogens is 1. The average Bonchev–Trinajstić information content (AvgIpc) is 3.15. The molecular formula is C16H16N2O3S. The highest BCUT2D eigenvalue weighted by Gasteiger charge is 2.42. The van der Waals surface area contributed by atoms with E-state index in [1.807, 2.05) is 30.3 Å². The largest absolute Gasteiger partial charge is 0.481 e. The first kappa shape index (κ1) is 14.7. The molecule has 1 N–H and O–H groups in total. The maximum Gasteiger partial charge on any atom is 0.311 e. The number of hydrogen-bond acceptors (Lipinski definition) is 4. The van der Waals surface area contributed by atoms with E-state index >= 15 is 0 Å². The molecule has 1 atom stereocenters. The number of likely N-dealkylation sites (tertiary alicyclic amines) is 1. The molecule has 1 aliphatic heterocycles. The van der Waals surface area contributed by atoms with Crippen LogP contribution in [0, 0.1) is 5.41 Å². The molecule has 114 valence electrons. The smallest absolute Gasteiger partial charge is 0.311 e. The van der Waals surface area contributed by atoms with E-state index in [0.717, 1.165) is 10.6 Å². The van der Waals surface area contributed by atoms with Gasteiger partial charge in [0.1, 0.15) is 9.88 Å². The van der Waals surface area contributed by atoms with Crippen molar-refractivity contribution in [3.8, 4) is 10.6 Å². The number of carbonyl (C=O) groups excluding carboxylic acids is 1. The maximum absolute atomic E-state index is 12.5. The van der Waals surface area contributed by atoms with E-state index in [4.69, 9.17) is 0 Å². The Hall–Kier alpha value is -2.21. The molecule has 2 heterocycles. The molecular weight excluding hydrogens is 300 g/mol. The fourth-order valence-electron chi connectivity index (χ4n) is 2.55. The monoisotopic (exact) mass is 316 g/mol. The van der Waals surface area contributed by atoms with Crippen molar-refractivity contribution in [2.45, 2.75) is 13.3 Å². The number of carboxylic acid groups (broad SMARTS) is 1. The SMILES string of the molecule is CC1(C(=O)O)CCN(C(=O)c2cnc(-c3ccccc3)s2)C1. The topological polar surface area (TPSA) is 70.5 Å². The minimum Gasteiger partial charge on any atom is -0.481 e. The summed E-state index contributed by atoms with van der Waals surface area (Å²) in [6.45, 7) is 2.41. The number of carboxylic acids is 1. The zero-order valence-corrected chi connectivity index (χ0v) is 13.0. The van der Waals surface area contributed by atoms with Gasteiger partial charge in [0.15, 0.2) is 0 Å². The molecule has 22 heavy (non-hydrogen) atoms. The highest BCUT2D eigenvalue weighted by atomic mass is 32.1. The van der Waals surface area contributed by atoms with Gasteiger partial charge in [-0.05, 0) is 13.3 Å².